The Morgan fingerprint density at radius 1 is 0.821 bits per heavy atom. The molecule has 0 heterocycles. The van der Waals surface area contributed by atoms with Gasteiger partial charge in [-0.25, -0.2) is 0 Å². The van der Waals surface area contributed by atoms with E-state index in [0.717, 1.165) is 22.9 Å². The predicted octanol–water partition coefficient (Wildman–Crippen LogP) is 6.39. The van der Waals surface area contributed by atoms with E-state index in [2.05, 4.69) is 22.9 Å². The SMILES string of the molecule is CCCCCCCCCCCOC(=O)CCC(=O)OCCc1cccc(Br)c1. The number of esters is 2. The molecule has 0 amide bonds. The molecule has 0 fully saturated rings. The fourth-order valence-electron chi connectivity index (χ4n) is 2.92. The first-order chi connectivity index (χ1) is 13.6. The first kappa shape index (κ1) is 24.7. The van der Waals surface area contributed by atoms with E-state index in [0.29, 0.717) is 19.6 Å². The molecule has 0 N–H and O–H groups in total. The van der Waals surface area contributed by atoms with E-state index in [1.807, 2.05) is 24.3 Å². The van der Waals surface area contributed by atoms with Crippen LogP contribution in [0.5, 0.6) is 0 Å². The lowest BCUT2D eigenvalue weighted by Crippen LogP contribution is -2.12. The number of halogens is 1. The molecular weight excluding hydrogens is 420 g/mol. The van der Waals surface area contributed by atoms with Crippen molar-refractivity contribution in [3.8, 4) is 0 Å². The third-order valence-electron chi connectivity index (χ3n) is 4.59. The number of unbranched alkanes of at least 4 members (excludes halogenated alkanes) is 8. The highest BCUT2D eigenvalue weighted by atomic mass is 79.9. The van der Waals surface area contributed by atoms with Crippen molar-refractivity contribution in [3.05, 3.63) is 34.3 Å². The summed E-state index contributed by atoms with van der Waals surface area (Å²) < 4.78 is 11.4. The number of rotatable bonds is 16. The van der Waals surface area contributed by atoms with E-state index in [-0.39, 0.29) is 24.8 Å². The van der Waals surface area contributed by atoms with Crippen LogP contribution < -0.4 is 0 Å². The fraction of sp³-hybridized carbons (Fsp3) is 0.652. The minimum absolute atomic E-state index is 0.0784. The number of hydrogen-bond acceptors (Lipinski definition) is 4. The quantitative estimate of drug-likeness (QED) is 0.214. The molecule has 1 rings (SSSR count). The van der Waals surface area contributed by atoms with Gasteiger partial charge in [0.15, 0.2) is 0 Å². The van der Waals surface area contributed by atoms with E-state index < -0.39 is 0 Å². The maximum Gasteiger partial charge on any atom is 0.306 e. The molecule has 0 saturated heterocycles. The Kier molecular flexibility index (Phi) is 14.6. The second-order valence-electron chi connectivity index (χ2n) is 7.15. The number of benzene rings is 1. The zero-order valence-electron chi connectivity index (χ0n) is 17.2. The van der Waals surface area contributed by atoms with Crippen LogP contribution in [0.15, 0.2) is 28.7 Å². The summed E-state index contributed by atoms with van der Waals surface area (Å²) >= 11 is 3.41. The molecule has 0 spiro atoms. The zero-order valence-corrected chi connectivity index (χ0v) is 18.8. The van der Waals surface area contributed by atoms with Crippen LogP contribution in [0.2, 0.25) is 0 Å². The van der Waals surface area contributed by atoms with Crippen LogP contribution in [0, 0.1) is 0 Å². The van der Waals surface area contributed by atoms with Gasteiger partial charge < -0.3 is 9.47 Å². The number of ether oxygens (including phenoxy) is 2. The molecule has 1 aromatic rings. The molecule has 158 valence electrons. The molecule has 0 aromatic heterocycles. The van der Waals surface area contributed by atoms with Crippen molar-refractivity contribution in [1.82, 2.24) is 0 Å². The summed E-state index contributed by atoms with van der Waals surface area (Å²) in [4.78, 5) is 23.4. The van der Waals surface area contributed by atoms with Crippen LogP contribution in [0.4, 0.5) is 0 Å². The van der Waals surface area contributed by atoms with Crippen LogP contribution >= 0.6 is 15.9 Å². The Morgan fingerprint density at radius 3 is 2.00 bits per heavy atom. The lowest BCUT2D eigenvalue weighted by Gasteiger charge is -2.06. The summed E-state index contributed by atoms with van der Waals surface area (Å²) in [6, 6.07) is 7.89. The largest absolute Gasteiger partial charge is 0.466 e. The van der Waals surface area contributed by atoms with Crippen molar-refractivity contribution in [3.63, 3.8) is 0 Å². The Labute approximate surface area is 178 Å². The Hall–Kier alpha value is -1.36. The van der Waals surface area contributed by atoms with Crippen LogP contribution in [0.1, 0.15) is 83.1 Å². The van der Waals surface area contributed by atoms with Gasteiger partial charge in [-0.15, -0.1) is 0 Å². The Morgan fingerprint density at radius 2 is 1.39 bits per heavy atom. The molecule has 1 aromatic carbocycles. The monoisotopic (exact) mass is 454 g/mol. The van der Waals surface area contributed by atoms with Gasteiger partial charge in [0.2, 0.25) is 0 Å². The third-order valence-corrected chi connectivity index (χ3v) is 5.08. The van der Waals surface area contributed by atoms with Crippen molar-refractivity contribution in [2.24, 2.45) is 0 Å². The van der Waals surface area contributed by atoms with Crippen molar-refractivity contribution in [2.75, 3.05) is 13.2 Å². The maximum atomic E-state index is 11.7. The Bertz CT molecular complexity index is 559. The van der Waals surface area contributed by atoms with Crippen molar-refractivity contribution in [1.29, 1.82) is 0 Å². The third kappa shape index (κ3) is 13.8. The lowest BCUT2D eigenvalue weighted by atomic mass is 10.1. The summed E-state index contributed by atoms with van der Waals surface area (Å²) in [6.07, 6.45) is 11.9. The van der Waals surface area contributed by atoms with Crippen molar-refractivity contribution < 1.29 is 19.1 Å². The van der Waals surface area contributed by atoms with Crippen molar-refractivity contribution in [2.45, 2.75) is 84.0 Å². The zero-order chi connectivity index (χ0) is 20.5. The summed E-state index contributed by atoms with van der Waals surface area (Å²) in [6.45, 7) is 3.00. The number of carbonyl (C=O) groups excluding carboxylic acids is 2. The van der Waals surface area contributed by atoms with Crippen LogP contribution in [0.25, 0.3) is 0 Å². The fourth-order valence-corrected chi connectivity index (χ4v) is 3.37. The summed E-state index contributed by atoms with van der Waals surface area (Å²) in [5.41, 5.74) is 1.10. The second kappa shape index (κ2) is 16.6. The summed E-state index contributed by atoms with van der Waals surface area (Å²) in [5.74, 6) is -0.668. The molecule has 0 unspecified atom stereocenters. The van der Waals surface area contributed by atoms with E-state index >= 15 is 0 Å². The van der Waals surface area contributed by atoms with Gasteiger partial charge in [0, 0.05) is 10.9 Å². The van der Waals surface area contributed by atoms with Gasteiger partial charge in [-0.1, -0.05) is 86.4 Å². The highest BCUT2D eigenvalue weighted by Gasteiger charge is 2.09. The minimum Gasteiger partial charge on any atom is -0.466 e. The van der Waals surface area contributed by atoms with Gasteiger partial charge in [-0.05, 0) is 24.1 Å². The number of carbonyl (C=O) groups is 2. The van der Waals surface area contributed by atoms with Crippen LogP contribution in [-0.4, -0.2) is 25.2 Å². The van der Waals surface area contributed by atoms with Gasteiger partial charge in [-0.2, -0.15) is 0 Å². The first-order valence-corrected chi connectivity index (χ1v) is 11.5. The van der Waals surface area contributed by atoms with Crippen LogP contribution in [-0.2, 0) is 25.5 Å². The molecule has 0 aliphatic heterocycles. The van der Waals surface area contributed by atoms with Crippen molar-refractivity contribution >= 4 is 27.9 Å². The smallest absolute Gasteiger partial charge is 0.306 e. The van der Waals surface area contributed by atoms with E-state index in [9.17, 15) is 9.59 Å². The standard InChI is InChI=1S/C23H35BrO4/c1-2-3-4-5-6-7-8-9-10-17-27-22(25)14-15-23(26)28-18-16-20-12-11-13-21(24)19-20/h11-13,19H,2-10,14-18H2,1H3. The molecule has 4 nitrogen and oxygen atoms in total. The highest BCUT2D eigenvalue weighted by Crippen LogP contribution is 2.12. The topological polar surface area (TPSA) is 52.6 Å². The summed E-state index contributed by atoms with van der Waals surface area (Å²) in [5, 5.41) is 0. The minimum atomic E-state index is -0.352. The molecule has 0 aliphatic carbocycles. The van der Waals surface area contributed by atoms with Gasteiger partial charge in [0.1, 0.15) is 0 Å². The number of hydrogen-bond donors (Lipinski definition) is 0. The molecule has 0 bridgehead atoms. The summed E-state index contributed by atoms with van der Waals surface area (Å²) in [7, 11) is 0. The normalized spacial score (nSPS) is 10.6. The van der Waals surface area contributed by atoms with E-state index in [1.165, 1.54) is 44.9 Å². The molecule has 0 aliphatic rings. The molecule has 0 radical (unpaired) electrons. The van der Waals surface area contributed by atoms with E-state index in [1.54, 1.807) is 0 Å². The Balaban J connectivity index is 1.93. The maximum absolute atomic E-state index is 11.7. The molecule has 0 saturated carbocycles. The molecule has 0 atom stereocenters. The van der Waals surface area contributed by atoms with Gasteiger partial charge >= 0.3 is 11.9 Å². The lowest BCUT2D eigenvalue weighted by molar-refractivity contribution is -0.150. The van der Waals surface area contributed by atoms with Gasteiger partial charge in [0.05, 0.1) is 26.1 Å². The average molecular weight is 455 g/mol. The van der Waals surface area contributed by atoms with Gasteiger partial charge in [-0.3, -0.25) is 9.59 Å². The molecule has 5 heteroatoms. The first-order valence-electron chi connectivity index (χ1n) is 10.7. The van der Waals surface area contributed by atoms with Gasteiger partial charge in [0.25, 0.3) is 0 Å². The molecular formula is C23H35BrO4. The highest BCUT2D eigenvalue weighted by molar-refractivity contribution is 9.10. The predicted molar refractivity (Wildman–Crippen MR) is 116 cm³/mol. The molecule has 28 heavy (non-hydrogen) atoms. The second-order valence-corrected chi connectivity index (χ2v) is 8.06. The average Bonchev–Trinajstić information content (AvgIpc) is 2.68. The van der Waals surface area contributed by atoms with E-state index in [4.69, 9.17) is 9.47 Å². The van der Waals surface area contributed by atoms with Crippen LogP contribution in [0.3, 0.4) is 0 Å².